The minimum absolute atomic E-state index is 0.0444. The summed E-state index contributed by atoms with van der Waals surface area (Å²) in [5.41, 5.74) is 2.50. The van der Waals surface area contributed by atoms with Crippen LogP contribution in [0.2, 0.25) is 0 Å². The fourth-order valence-electron chi connectivity index (χ4n) is 3.35. The first-order valence-electron chi connectivity index (χ1n) is 8.74. The van der Waals surface area contributed by atoms with Gasteiger partial charge in [0.1, 0.15) is 6.04 Å². The maximum atomic E-state index is 13.1. The summed E-state index contributed by atoms with van der Waals surface area (Å²) in [4.78, 5) is 36.7. The van der Waals surface area contributed by atoms with Crippen LogP contribution in [0.1, 0.15) is 15.9 Å². The third kappa shape index (κ3) is 3.42. The molecule has 3 heterocycles. The summed E-state index contributed by atoms with van der Waals surface area (Å²) in [6.45, 7) is 0.475. The van der Waals surface area contributed by atoms with Gasteiger partial charge in [-0.1, -0.05) is 24.3 Å². The molecule has 0 saturated carbocycles. The Bertz CT molecular complexity index is 972. The number of nitrogens with zero attached hydrogens (tertiary/aromatic N) is 3. The molecule has 2 aromatic heterocycles. The van der Waals surface area contributed by atoms with E-state index in [-0.39, 0.29) is 11.8 Å². The third-order valence-corrected chi connectivity index (χ3v) is 5.78. The molecule has 7 heteroatoms. The number of aromatic nitrogens is 2. The predicted molar refractivity (Wildman–Crippen MR) is 106 cm³/mol. The lowest BCUT2D eigenvalue weighted by Crippen LogP contribution is -2.47. The molecule has 0 aliphatic carbocycles. The van der Waals surface area contributed by atoms with E-state index in [1.165, 1.54) is 0 Å². The number of carbonyl (C=O) groups is 2. The number of aromatic amines is 1. The molecule has 6 nitrogen and oxygen atoms in total. The number of thioether (sulfide) groups is 1. The zero-order valence-corrected chi connectivity index (χ0v) is 15.8. The number of pyridine rings is 1. The molecular weight excluding hydrogens is 360 g/mol. The van der Waals surface area contributed by atoms with Crippen molar-refractivity contribution in [2.75, 3.05) is 18.7 Å². The van der Waals surface area contributed by atoms with Crippen LogP contribution in [0.4, 0.5) is 0 Å². The van der Waals surface area contributed by atoms with Crippen molar-refractivity contribution in [3.8, 4) is 0 Å². The van der Waals surface area contributed by atoms with Crippen LogP contribution in [0.15, 0.2) is 55.0 Å². The van der Waals surface area contributed by atoms with Gasteiger partial charge in [-0.05, 0) is 17.7 Å². The van der Waals surface area contributed by atoms with Crippen molar-refractivity contribution in [2.24, 2.45) is 0 Å². The number of hydrogen-bond donors (Lipinski definition) is 1. The predicted octanol–water partition coefficient (Wildman–Crippen LogP) is 2.74. The first-order chi connectivity index (χ1) is 13.1. The summed E-state index contributed by atoms with van der Waals surface area (Å²) in [5.74, 6) is 0.988. The molecule has 0 bridgehead atoms. The molecule has 27 heavy (non-hydrogen) atoms. The number of para-hydroxylation sites is 1. The molecule has 1 atom stereocenters. The van der Waals surface area contributed by atoms with E-state index in [2.05, 4.69) is 9.97 Å². The average molecular weight is 380 g/mol. The van der Waals surface area contributed by atoms with Gasteiger partial charge in [-0.2, -0.15) is 0 Å². The van der Waals surface area contributed by atoms with Crippen molar-refractivity contribution < 1.29 is 9.59 Å². The largest absolute Gasteiger partial charge is 0.360 e. The number of likely N-dealkylation sites (N-methyl/N-ethyl adjacent to an activating group) is 1. The van der Waals surface area contributed by atoms with Crippen molar-refractivity contribution in [3.63, 3.8) is 0 Å². The highest BCUT2D eigenvalue weighted by atomic mass is 32.2. The highest BCUT2D eigenvalue weighted by molar-refractivity contribution is 7.99. The van der Waals surface area contributed by atoms with Crippen molar-refractivity contribution in [1.29, 1.82) is 0 Å². The number of nitrogens with one attached hydrogen (secondary N) is 1. The molecule has 138 valence electrons. The Morgan fingerprint density at radius 2 is 2.15 bits per heavy atom. The monoisotopic (exact) mass is 380 g/mol. The molecular formula is C20H20N4O2S. The fraction of sp³-hybridized carbons (Fsp3) is 0.250. The molecule has 0 spiro atoms. The van der Waals surface area contributed by atoms with Crippen LogP contribution in [0.25, 0.3) is 10.9 Å². The molecule has 4 rings (SSSR count). The minimum Gasteiger partial charge on any atom is -0.360 e. The second kappa shape index (κ2) is 7.44. The van der Waals surface area contributed by atoms with E-state index in [9.17, 15) is 9.59 Å². The second-order valence-electron chi connectivity index (χ2n) is 6.59. The Morgan fingerprint density at radius 1 is 1.30 bits per heavy atom. The van der Waals surface area contributed by atoms with Crippen LogP contribution in [0.3, 0.4) is 0 Å². The van der Waals surface area contributed by atoms with Gasteiger partial charge in [-0.3, -0.25) is 14.6 Å². The first-order valence-corrected chi connectivity index (χ1v) is 9.89. The van der Waals surface area contributed by atoms with Gasteiger partial charge in [-0.15, -0.1) is 11.8 Å². The van der Waals surface area contributed by atoms with Gasteiger partial charge in [0, 0.05) is 48.8 Å². The van der Waals surface area contributed by atoms with Crippen LogP contribution in [0, 0.1) is 0 Å². The molecule has 1 aliphatic rings. The molecule has 1 unspecified atom stereocenters. The summed E-state index contributed by atoms with van der Waals surface area (Å²) in [5, 5.41) is 0.884. The van der Waals surface area contributed by atoms with E-state index < -0.39 is 6.04 Å². The van der Waals surface area contributed by atoms with Gasteiger partial charge in [0.15, 0.2) is 0 Å². The summed E-state index contributed by atoms with van der Waals surface area (Å²) in [7, 11) is 1.77. The topological polar surface area (TPSA) is 69.3 Å². The van der Waals surface area contributed by atoms with Crippen LogP contribution < -0.4 is 0 Å². The quantitative estimate of drug-likeness (QED) is 0.756. The minimum atomic E-state index is -0.446. The van der Waals surface area contributed by atoms with E-state index in [0.717, 1.165) is 16.5 Å². The van der Waals surface area contributed by atoms with Crippen LogP contribution in [-0.4, -0.2) is 56.3 Å². The molecule has 1 aromatic carbocycles. The third-order valence-electron chi connectivity index (χ3n) is 4.77. The fourth-order valence-corrected chi connectivity index (χ4v) is 4.49. The van der Waals surface area contributed by atoms with Crippen LogP contribution in [0.5, 0.6) is 0 Å². The molecule has 1 saturated heterocycles. The molecule has 1 fully saturated rings. The Hall–Kier alpha value is -2.80. The number of hydrogen-bond acceptors (Lipinski definition) is 4. The summed E-state index contributed by atoms with van der Waals surface area (Å²) >= 11 is 1.61. The number of carbonyl (C=O) groups excluding carboxylic acids is 2. The van der Waals surface area contributed by atoms with E-state index in [0.29, 0.717) is 23.7 Å². The molecule has 1 N–H and O–H groups in total. The highest BCUT2D eigenvalue weighted by Gasteiger charge is 2.37. The second-order valence-corrected chi connectivity index (χ2v) is 7.59. The normalized spacial score (nSPS) is 16.6. The first kappa shape index (κ1) is 17.6. The average Bonchev–Trinajstić information content (AvgIpc) is 3.35. The maximum Gasteiger partial charge on any atom is 0.257 e. The van der Waals surface area contributed by atoms with E-state index in [1.54, 1.807) is 47.2 Å². The van der Waals surface area contributed by atoms with Crippen LogP contribution >= 0.6 is 11.8 Å². The lowest BCUT2D eigenvalue weighted by Gasteiger charge is -2.27. The standard InChI is InChI=1S/C20H20N4O2S/c1-23(11-14-5-4-8-21-9-14)20(26)18-12-27-13-24(18)19(25)16-10-22-17-7-3-2-6-15(16)17/h2-10,18,22H,11-13H2,1H3. The summed E-state index contributed by atoms with van der Waals surface area (Å²) < 4.78 is 0. The zero-order chi connectivity index (χ0) is 18.8. The Morgan fingerprint density at radius 3 is 2.96 bits per heavy atom. The number of H-pyrrole nitrogens is 1. The van der Waals surface area contributed by atoms with Gasteiger partial charge in [0.2, 0.25) is 5.91 Å². The van der Waals surface area contributed by atoms with E-state index in [4.69, 9.17) is 0 Å². The van der Waals surface area contributed by atoms with Crippen LogP contribution in [-0.2, 0) is 11.3 Å². The maximum absolute atomic E-state index is 13.1. The van der Waals surface area contributed by atoms with Gasteiger partial charge >= 0.3 is 0 Å². The Labute approximate surface area is 161 Å². The lowest BCUT2D eigenvalue weighted by atomic mass is 10.1. The van der Waals surface area contributed by atoms with Crippen molar-refractivity contribution >= 4 is 34.5 Å². The molecule has 2 amide bonds. The van der Waals surface area contributed by atoms with Gasteiger partial charge in [-0.25, -0.2) is 0 Å². The smallest absolute Gasteiger partial charge is 0.257 e. The number of amides is 2. The Kier molecular flexibility index (Phi) is 4.85. The SMILES string of the molecule is CN(Cc1cccnc1)C(=O)C1CSCN1C(=O)c1c[nH]c2ccccc12. The van der Waals surface area contributed by atoms with Gasteiger partial charge in [0.25, 0.3) is 5.91 Å². The van der Waals surface area contributed by atoms with Crippen molar-refractivity contribution in [1.82, 2.24) is 19.8 Å². The van der Waals surface area contributed by atoms with Gasteiger partial charge < -0.3 is 14.8 Å². The molecule has 1 aliphatic heterocycles. The summed E-state index contributed by atoms with van der Waals surface area (Å²) in [6, 6.07) is 11.1. The molecule has 0 radical (unpaired) electrons. The van der Waals surface area contributed by atoms with Gasteiger partial charge in [0.05, 0.1) is 11.4 Å². The zero-order valence-electron chi connectivity index (χ0n) is 15.0. The number of benzene rings is 1. The van der Waals surface area contributed by atoms with Crippen molar-refractivity contribution in [2.45, 2.75) is 12.6 Å². The number of fused-ring (bicyclic) bond motifs is 1. The Balaban J connectivity index is 1.53. The summed E-state index contributed by atoms with van der Waals surface area (Å²) in [6.07, 6.45) is 5.19. The van der Waals surface area contributed by atoms with E-state index >= 15 is 0 Å². The van der Waals surface area contributed by atoms with Crippen molar-refractivity contribution in [3.05, 3.63) is 66.1 Å². The van der Waals surface area contributed by atoms with E-state index in [1.807, 2.05) is 36.4 Å². The lowest BCUT2D eigenvalue weighted by molar-refractivity contribution is -0.134. The molecule has 3 aromatic rings. The number of rotatable bonds is 4. The highest BCUT2D eigenvalue weighted by Crippen LogP contribution is 2.27.